The smallest absolute Gasteiger partial charge is 0.342 e. The second-order valence-electron chi connectivity index (χ2n) is 5.13. The van der Waals surface area contributed by atoms with Gasteiger partial charge in [-0.3, -0.25) is 10.1 Å². The maximum atomic E-state index is 11.1. The minimum absolute atomic E-state index is 0.174. The number of anilines is 1. The third-order valence-electron chi connectivity index (χ3n) is 3.79. The van der Waals surface area contributed by atoms with Crippen molar-refractivity contribution in [1.29, 1.82) is 0 Å². The van der Waals surface area contributed by atoms with Crippen LogP contribution >= 0.6 is 0 Å². The van der Waals surface area contributed by atoms with Gasteiger partial charge in [-0.25, -0.2) is 9.78 Å². The van der Waals surface area contributed by atoms with Gasteiger partial charge in [0.25, 0.3) is 0 Å². The summed E-state index contributed by atoms with van der Waals surface area (Å²) >= 11 is 0. The lowest BCUT2D eigenvalue weighted by atomic mass is 10.00. The van der Waals surface area contributed by atoms with Crippen molar-refractivity contribution in [2.45, 2.75) is 38.6 Å². The first kappa shape index (κ1) is 14.2. The number of aromatic nitrogens is 1. The molecule has 1 aromatic heterocycles. The van der Waals surface area contributed by atoms with E-state index in [2.05, 4.69) is 10.3 Å². The molecular weight excluding hydrogens is 262 g/mol. The molecule has 2 N–H and O–H groups in total. The average molecular weight is 279 g/mol. The predicted octanol–water partition coefficient (Wildman–Crippen LogP) is 2.68. The van der Waals surface area contributed by atoms with E-state index >= 15 is 0 Å². The Morgan fingerprint density at radius 2 is 2.20 bits per heavy atom. The van der Waals surface area contributed by atoms with Gasteiger partial charge >= 0.3 is 11.7 Å². The number of carboxylic acids is 1. The van der Waals surface area contributed by atoms with Crippen molar-refractivity contribution in [3.8, 4) is 0 Å². The van der Waals surface area contributed by atoms with Crippen LogP contribution in [0.5, 0.6) is 0 Å². The SMILES string of the molecule is CC(Nc1cc(C(=O)O)c([N+](=O)[O-])cn1)C1CCCC1. The fraction of sp³-hybridized carbons (Fsp3) is 0.538. The topological polar surface area (TPSA) is 105 Å². The van der Waals surface area contributed by atoms with Gasteiger partial charge in [0, 0.05) is 12.1 Å². The largest absolute Gasteiger partial charge is 0.477 e. The Morgan fingerprint density at radius 3 is 2.75 bits per heavy atom. The lowest BCUT2D eigenvalue weighted by Gasteiger charge is -2.20. The van der Waals surface area contributed by atoms with E-state index in [4.69, 9.17) is 5.11 Å². The molecule has 0 aromatic carbocycles. The highest BCUT2D eigenvalue weighted by Gasteiger charge is 2.24. The Kier molecular flexibility index (Phi) is 4.16. The van der Waals surface area contributed by atoms with E-state index < -0.39 is 16.6 Å². The molecule has 1 heterocycles. The van der Waals surface area contributed by atoms with Gasteiger partial charge in [-0.15, -0.1) is 0 Å². The molecule has 1 aromatic rings. The van der Waals surface area contributed by atoms with Crippen LogP contribution in [0.15, 0.2) is 12.3 Å². The monoisotopic (exact) mass is 279 g/mol. The van der Waals surface area contributed by atoms with Gasteiger partial charge in [0.15, 0.2) is 0 Å². The summed E-state index contributed by atoms with van der Waals surface area (Å²) in [5, 5.41) is 22.9. The van der Waals surface area contributed by atoms with Gasteiger partial charge in [0.2, 0.25) is 0 Å². The fourth-order valence-electron chi connectivity index (χ4n) is 2.65. The number of hydrogen-bond donors (Lipinski definition) is 2. The molecule has 7 heteroatoms. The summed E-state index contributed by atoms with van der Waals surface area (Å²) in [6, 6.07) is 1.40. The molecule has 7 nitrogen and oxygen atoms in total. The van der Waals surface area contributed by atoms with Crippen LogP contribution in [0.1, 0.15) is 43.0 Å². The van der Waals surface area contributed by atoms with Crippen LogP contribution in [0.2, 0.25) is 0 Å². The number of rotatable bonds is 5. The van der Waals surface area contributed by atoms with E-state index in [0.717, 1.165) is 19.0 Å². The highest BCUT2D eigenvalue weighted by atomic mass is 16.6. The van der Waals surface area contributed by atoms with Crippen molar-refractivity contribution in [2.24, 2.45) is 5.92 Å². The van der Waals surface area contributed by atoms with E-state index in [1.54, 1.807) is 0 Å². The molecule has 0 saturated heterocycles. The van der Waals surface area contributed by atoms with E-state index in [0.29, 0.717) is 11.7 Å². The number of nitrogens with zero attached hydrogens (tertiary/aromatic N) is 2. The molecule has 0 spiro atoms. The molecular formula is C13H17N3O4. The van der Waals surface area contributed by atoms with Crippen molar-refractivity contribution in [3.05, 3.63) is 27.9 Å². The Balaban J connectivity index is 2.18. The standard InChI is InChI=1S/C13H17N3O4/c1-8(9-4-2-3-5-9)15-12-6-10(13(17)18)11(7-14-12)16(19)20/h6-9H,2-5H2,1H3,(H,14,15)(H,17,18). The molecule has 1 fully saturated rings. The van der Waals surface area contributed by atoms with E-state index in [9.17, 15) is 14.9 Å². The number of aromatic carboxylic acids is 1. The van der Waals surface area contributed by atoms with Crippen LogP contribution in [-0.4, -0.2) is 27.0 Å². The summed E-state index contributed by atoms with van der Waals surface area (Å²) in [7, 11) is 0. The summed E-state index contributed by atoms with van der Waals surface area (Å²) < 4.78 is 0. The minimum atomic E-state index is -1.32. The molecule has 0 aliphatic heterocycles. The lowest BCUT2D eigenvalue weighted by Crippen LogP contribution is -2.24. The first-order valence-corrected chi connectivity index (χ1v) is 6.63. The van der Waals surface area contributed by atoms with Crippen LogP contribution in [0.4, 0.5) is 11.5 Å². The van der Waals surface area contributed by atoms with Crippen molar-refractivity contribution < 1.29 is 14.8 Å². The number of pyridine rings is 1. The molecule has 0 bridgehead atoms. The molecule has 1 unspecified atom stereocenters. The average Bonchev–Trinajstić information content (AvgIpc) is 2.92. The van der Waals surface area contributed by atoms with Crippen LogP contribution in [0.25, 0.3) is 0 Å². The van der Waals surface area contributed by atoms with Crippen LogP contribution in [-0.2, 0) is 0 Å². The van der Waals surface area contributed by atoms with Gasteiger partial charge in [-0.1, -0.05) is 12.8 Å². The maximum absolute atomic E-state index is 11.1. The van der Waals surface area contributed by atoms with E-state index in [1.165, 1.54) is 18.9 Å². The molecule has 0 amide bonds. The highest BCUT2D eigenvalue weighted by Crippen LogP contribution is 2.29. The van der Waals surface area contributed by atoms with Crippen molar-refractivity contribution in [1.82, 2.24) is 4.98 Å². The summed E-state index contributed by atoms with van der Waals surface area (Å²) in [6.07, 6.45) is 5.71. The molecule has 2 rings (SSSR count). The zero-order valence-electron chi connectivity index (χ0n) is 11.2. The van der Waals surface area contributed by atoms with Gasteiger partial charge < -0.3 is 10.4 Å². The van der Waals surface area contributed by atoms with Gasteiger partial charge in [-0.05, 0) is 25.7 Å². The fourth-order valence-corrected chi connectivity index (χ4v) is 2.65. The number of nitro groups is 1. The Labute approximate surface area is 116 Å². The minimum Gasteiger partial charge on any atom is -0.477 e. The molecule has 1 atom stereocenters. The summed E-state index contributed by atoms with van der Waals surface area (Å²) in [6.45, 7) is 2.03. The Bertz CT molecular complexity index is 526. The maximum Gasteiger partial charge on any atom is 0.342 e. The van der Waals surface area contributed by atoms with Crippen molar-refractivity contribution in [2.75, 3.05) is 5.32 Å². The second-order valence-corrected chi connectivity index (χ2v) is 5.13. The third-order valence-corrected chi connectivity index (χ3v) is 3.79. The van der Waals surface area contributed by atoms with E-state index in [1.807, 2.05) is 6.92 Å². The van der Waals surface area contributed by atoms with E-state index in [-0.39, 0.29) is 11.6 Å². The third kappa shape index (κ3) is 3.04. The van der Waals surface area contributed by atoms with Gasteiger partial charge in [0.1, 0.15) is 17.6 Å². The van der Waals surface area contributed by atoms with Crippen LogP contribution in [0.3, 0.4) is 0 Å². The van der Waals surface area contributed by atoms with Crippen LogP contribution in [0, 0.1) is 16.0 Å². The first-order valence-electron chi connectivity index (χ1n) is 6.63. The second kappa shape index (κ2) is 5.85. The predicted molar refractivity (Wildman–Crippen MR) is 72.9 cm³/mol. The number of carboxylic acid groups (broad SMARTS) is 1. The molecule has 1 saturated carbocycles. The molecule has 20 heavy (non-hydrogen) atoms. The Hall–Kier alpha value is -2.18. The van der Waals surface area contributed by atoms with Gasteiger partial charge in [-0.2, -0.15) is 0 Å². The Morgan fingerprint density at radius 1 is 1.55 bits per heavy atom. The first-order chi connectivity index (χ1) is 9.49. The zero-order chi connectivity index (χ0) is 14.7. The molecule has 0 radical (unpaired) electrons. The summed E-state index contributed by atoms with van der Waals surface area (Å²) in [5.41, 5.74) is -0.831. The lowest BCUT2D eigenvalue weighted by molar-refractivity contribution is -0.385. The number of carbonyl (C=O) groups is 1. The molecule has 1 aliphatic carbocycles. The normalized spacial score (nSPS) is 16.9. The summed E-state index contributed by atoms with van der Waals surface area (Å²) in [5.74, 6) is -0.414. The quantitative estimate of drug-likeness (QED) is 0.634. The molecule has 1 aliphatic rings. The summed E-state index contributed by atoms with van der Waals surface area (Å²) in [4.78, 5) is 25.0. The van der Waals surface area contributed by atoms with Gasteiger partial charge in [0.05, 0.1) is 4.92 Å². The van der Waals surface area contributed by atoms with Crippen molar-refractivity contribution in [3.63, 3.8) is 0 Å². The number of hydrogen-bond acceptors (Lipinski definition) is 5. The zero-order valence-corrected chi connectivity index (χ0v) is 11.2. The number of nitrogens with one attached hydrogen (secondary N) is 1. The van der Waals surface area contributed by atoms with Crippen LogP contribution < -0.4 is 5.32 Å². The molecule has 108 valence electrons. The highest BCUT2D eigenvalue weighted by molar-refractivity contribution is 5.93. The van der Waals surface area contributed by atoms with Crippen molar-refractivity contribution >= 4 is 17.5 Å².